The Kier molecular flexibility index (Phi) is 1.85. The molecular formula is C7H7BrN2O2S. The number of rotatable bonds is 0. The fourth-order valence-electron chi connectivity index (χ4n) is 1.37. The molecule has 70 valence electrons. The van der Waals surface area contributed by atoms with Gasteiger partial charge in [-0.05, 0) is 0 Å². The number of hydrogen-bond donors (Lipinski definition) is 2. The van der Waals surface area contributed by atoms with Crippen LogP contribution < -0.4 is 4.72 Å². The summed E-state index contributed by atoms with van der Waals surface area (Å²) in [7, 11) is -3.03. The van der Waals surface area contributed by atoms with Crippen LogP contribution in [0.25, 0.3) is 0 Å². The second-order valence-electron chi connectivity index (χ2n) is 2.90. The van der Waals surface area contributed by atoms with Crippen LogP contribution in [0.2, 0.25) is 0 Å². The molecule has 0 fully saturated rings. The molecule has 2 rings (SSSR count). The Morgan fingerprint density at radius 3 is 3.08 bits per heavy atom. The Hall–Kier alpha value is -0.620. The molecule has 6 heteroatoms. The molecule has 1 amide bonds. The average molecular weight is 263 g/mol. The van der Waals surface area contributed by atoms with Gasteiger partial charge in [0.1, 0.15) is 0 Å². The van der Waals surface area contributed by atoms with Crippen molar-refractivity contribution in [1.29, 1.82) is 4.78 Å². The van der Waals surface area contributed by atoms with Gasteiger partial charge in [0.25, 0.3) is 5.91 Å². The van der Waals surface area contributed by atoms with Gasteiger partial charge in [0.2, 0.25) is 0 Å². The summed E-state index contributed by atoms with van der Waals surface area (Å²) in [4.78, 5) is 11.7. The van der Waals surface area contributed by atoms with Gasteiger partial charge in [-0.15, -0.1) is 0 Å². The van der Waals surface area contributed by atoms with Crippen molar-refractivity contribution in [3.05, 3.63) is 22.6 Å². The van der Waals surface area contributed by atoms with Gasteiger partial charge in [-0.25, -0.2) is 8.99 Å². The number of allylic oxidation sites excluding steroid dienone is 2. The van der Waals surface area contributed by atoms with Crippen molar-refractivity contribution >= 4 is 31.8 Å². The van der Waals surface area contributed by atoms with Crippen LogP contribution in [-0.2, 0) is 14.7 Å². The number of hydrogen-bond acceptors (Lipinski definition) is 3. The number of amides is 1. The molecule has 2 unspecified atom stereocenters. The van der Waals surface area contributed by atoms with Gasteiger partial charge >= 0.3 is 0 Å². The third-order valence-corrected chi connectivity index (χ3v) is 4.16. The predicted octanol–water partition coefficient (Wildman–Crippen LogP) is 1.06. The molecule has 0 aromatic heterocycles. The van der Waals surface area contributed by atoms with Crippen LogP contribution in [0.5, 0.6) is 0 Å². The average Bonchev–Trinajstić information content (AvgIpc) is 2.23. The first-order valence-corrected chi connectivity index (χ1v) is 6.14. The Bertz CT molecular complexity index is 435. The van der Waals surface area contributed by atoms with Crippen molar-refractivity contribution in [3.63, 3.8) is 0 Å². The van der Waals surface area contributed by atoms with Crippen molar-refractivity contribution in [2.45, 2.75) is 11.2 Å². The molecule has 13 heavy (non-hydrogen) atoms. The first-order chi connectivity index (χ1) is 6.00. The van der Waals surface area contributed by atoms with E-state index in [1.807, 2.05) is 6.08 Å². The highest BCUT2D eigenvalue weighted by molar-refractivity contribution is 9.09. The van der Waals surface area contributed by atoms with Gasteiger partial charge in [-0.2, -0.15) is 0 Å². The number of carbonyl (C=O) groups is 1. The smallest absolute Gasteiger partial charge is 0.264 e. The molecule has 0 saturated carbocycles. The standard InChI is InChI=1S/C7H7BrN2O2S/c8-4-1-2-5-6(3-4)13(9,12)10-7(5)11/h1-2,4H,3H2,(H2,9,10,11,12). The van der Waals surface area contributed by atoms with Crippen LogP contribution in [0.15, 0.2) is 22.6 Å². The maximum Gasteiger partial charge on any atom is 0.264 e. The Balaban J connectivity index is 2.57. The minimum absolute atomic E-state index is 0.0742. The lowest BCUT2D eigenvalue weighted by atomic mass is 10.1. The first kappa shape index (κ1) is 8.96. The highest BCUT2D eigenvalue weighted by Crippen LogP contribution is 2.31. The molecule has 0 aromatic rings. The molecule has 0 bridgehead atoms. The van der Waals surface area contributed by atoms with E-state index in [0.717, 1.165) is 0 Å². The maximum absolute atomic E-state index is 11.5. The summed E-state index contributed by atoms with van der Waals surface area (Å²) in [5.74, 6) is -0.398. The molecule has 0 spiro atoms. The number of halogens is 1. The summed E-state index contributed by atoms with van der Waals surface area (Å²) in [6.07, 6.45) is 3.90. The molecule has 0 saturated heterocycles. The summed E-state index contributed by atoms with van der Waals surface area (Å²) in [6.45, 7) is 0. The number of alkyl halides is 1. The van der Waals surface area contributed by atoms with Crippen LogP contribution in [0.3, 0.4) is 0 Å². The zero-order valence-corrected chi connectivity index (χ0v) is 8.94. The third kappa shape index (κ3) is 1.34. The summed E-state index contributed by atoms with van der Waals surface area (Å²) in [6, 6.07) is 0. The molecule has 0 radical (unpaired) electrons. The molecule has 2 aliphatic rings. The summed E-state index contributed by atoms with van der Waals surface area (Å²) in [5.41, 5.74) is 0.399. The van der Waals surface area contributed by atoms with E-state index in [1.54, 1.807) is 6.08 Å². The lowest BCUT2D eigenvalue weighted by Gasteiger charge is -2.11. The predicted molar refractivity (Wildman–Crippen MR) is 52.5 cm³/mol. The van der Waals surface area contributed by atoms with Gasteiger partial charge < -0.3 is 0 Å². The quantitative estimate of drug-likeness (QED) is 0.641. The molecule has 4 nitrogen and oxygen atoms in total. The summed E-state index contributed by atoms with van der Waals surface area (Å²) in [5, 5.41) is 0. The number of carbonyl (C=O) groups excluding carboxylic acids is 1. The Morgan fingerprint density at radius 1 is 1.69 bits per heavy atom. The fraction of sp³-hybridized carbons (Fsp3) is 0.286. The van der Waals surface area contributed by atoms with Gasteiger partial charge in [0.15, 0.2) is 9.92 Å². The minimum atomic E-state index is -3.03. The second-order valence-corrected chi connectivity index (χ2v) is 5.89. The van der Waals surface area contributed by atoms with Gasteiger partial charge in [0.05, 0.1) is 10.5 Å². The monoisotopic (exact) mass is 262 g/mol. The highest BCUT2D eigenvalue weighted by atomic mass is 79.9. The first-order valence-electron chi connectivity index (χ1n) is 3.67. The van der Waals surface area contributed by atoms with E-state index < -0.39 is 15.8 Å². The van der Waals surface area contributed by atoms with E-state index >= 15 is 0 Å². The highest BCUT2D eigenvalue weighted by Gasteiger charge is 2.33. The molecule has 1 aliphatic heterocycles. The maximum atomic E-state index is 11.5. The fourth-order valence-corrected chi connectivity index (χ4v) is 3.44. The summed E-state index contributed by atoms with van der Waals surface area (Å²) >= 11 is 3.33. The van der Waals surface area contributed by atoms with Crippen molar-refractivity contribution in [1.82, 2.24) is 4.72 Å². The second kappa shape index (κ2) is 2.68. The van der Waals surface area contributed by atoms with Crippen molar-refractivity contribution < 1.29 is 9.00 Å². The summed E-state index contributed by atoms with van der Waals surface area (Å²) < 4.78 is 21.1. The molecule has 1 aliphatic carbocycles. The number of nitrogens with one attached hydrogen (secondary N) is 2. The van der Waals surface area contributed by atoms with E-state index in [2.05, 4.69) is 20.7 Å². The van der Waals surface area contributed by atoms with Crippen LogP contribution in [0, 0.1) is 4.78 Å². The molecule has 0 aromatic carbocycles. The van der Waals surface area contributed by atoms with Gasteiger partial charge in [-0.1, -0.05) is 28.1 Å². The zero-order valence-electron chi connectivity index (χ0n) is 6.54. The van der Waals surface area contributed by atoms with Crippen molar-refractivity contribution in [2.24, 2.45) is 0 Å². The van der Waals surface area contributed by atoms with E-state index in [0.29, 0.717) is 16.9 Å². The van der Waals surface area contributed by atoms with E-state index in [4.69, 9.17) is 4.78 Å². The van der Waals surface area contributed by atoms with Crippen LogP contribution in [0.1, 0.15) is 6.42 Å². The Morgan fingerprint density at radius 2 is 2.38 bits per heavy atom. The van der Waals surface area contributed by atoms with Gasteiger partial charge in [-0.3, -0.25) is 9.52 Å². The largest absolute Gasteiger partial charge is 0.268 e. The van der Waals surface area contributed by atoms with Gasteiger partial charge in [0, 0.05) is 11.2 Å². The lowest BCUT2D eigenvalue weighted by Crippen LogP contribution is -2.22. The zero-order chi connectivity index (χ0) is 9.64. The van der Waals surface area contributed by atoms with Crippen molar-refractivity contribution in [3.8, 4) is 0 Å². The normalized spacial score (nSPS) is 37.6. The molecule has 1 heterocycles. The lowest BCUT2D eigenvalue weighted by molar-refractivity contribution is -0.115. The van der Waals surface area contributed by atoms with Crippen LogP contribution >= 0.6 is 15.9 Å². The molecular weight excluding hydrogens is 256 g/mol. The van der Waals surface area contributed by atoms with E-state index in [9.17, 15) is 9.00 Å². The van der Waals surface area contributed by atoms with E-state index in [1.165, 1.54) is 0 Å². The SMILES string of the molecule is N=S1(=O)NC(=O)C2=C1CC(Br)C=C2. The topological polar surface area (TPSA) is 70.0 Å². The molecule has 2 N–H and O–H groups in total. The van der Waals surface area contributed by atoms with Crippen LogP contribution in [-0.4, -0.2) is 14.9 Å². The van der Waals surface area contributed by atoms with E-state index in [-0.39, 0.29) is 4.83 Å². The minimum Gasteiger partial charge on any atom is -0.268 e. The Labute approximate surface area is 84.3 Å². The molecule has 2 atom stereocenters. The van der Waals surface area contributed by atoms with Crippen molar-refractivity contribution in [2.75, 3.05) is 0 Å². The third-order valence-electron chi connectivity index (χ3n) is 1.98. The van der Waals surface area contributed by atoms with Crippen LogP contribution in [0.4, 0.5) is 0 Å².